The molecule has 0 aromatic heterocycles. The van der Waals surface area contributed by atoms with Crippen molar-refractivity contribution >= 4 is 0 Å². The molecule has 0 bridgehead atoms. The lowest BCUT2D eigenvalue weighted by Gasteiger charge is -1.90. The summed E-state index contributed by atoms with van der Waals surface area (Å²) in [5.41, 5.74) is 1.37. The van der Waals surface area contributed by atoms with E-state index >= 15 is 0 Å². The van der Waals surface area contributed by atoms with Crippen LogP contribution in [0.25, 0.3) is 0 Å². The molecule has 0 aliphatic carbocycles. The highest BCUT2D eigenvalue weighted by Crippen LogP contribution is 2.00. The van der Waals surface area contributed by atoms with Crippen LogP contribution in [0.15, 0.2) is 23.8 Å². The van der Waals surface area contributed by atoms with Crippen molar-refractivity contribution in [2.24, 2.45) is 0 Å². The average molecular weight is 152 g/mol. The molecule has 0 heterocycles. The lowest BCUT2D eigenvalue weighted by atomic mass is 10.2. The third-order valence-electron chi connectivity index (χ3n) is 1.54. The Bertz CT molecular complexity index is 125. The second-order valence-corrected chi connectivity index (χ2v) is 3.17. The van der Waals surface area contributed by atoms with Gasteiger partial charge in [0.15, 0.2) is 0 Å². The third-order valence-corrected chi connectivity index (χ3v) is 1.54. The van der Waals surface area contributed by atoms with Gasteiger partial charge in [0.25, 0.3) is 0 Å². The van der Waals surface area contributed by atoms with Crippen LogP contribution in [0.3, 0.4) is 0 Å². The van der Waals surface area contributed by atoms with E-state index in [1.54, 1.807) is 0 Å². The second kappa shape index (κ2) is 7.59. The van der Waals surface area contributed by atoms with Crippen molar-refractivity contribution in [1.29, 1.82) is 0 Å². The molecule has 0 fully saturated rings. The van der Waals surface area contributed by atoms with E-state index in [1.165, 1.54) is 31.3 Å². The van der Waals surface area contributed by atoms with Crippen LogP contribution < -0.4 is 0 Å². The Kier molecular flexibility index (Phi) is 7.23. The van der Waals surface area contributed by atoms with Gasteiger partial charge in [-0.2, -0.15) is 0 Å². The lowest BCUT2D eigenvalue weighted by molar-refractivity contribution is 0.729. The first kappa shape index (κ1) is 10.5. The molecule has 0 radical (unpaired) electrons. The molecule has 0 unspecified atom stereocenters. The Hall–Kier alpha value is -0.520. The first-order chi connectivity index (χ1) is 5.27. The summed E-state index contributed by atoms with van der Waals surface area (Å²) in [6.07, 6.45) is 11.8. The molecule has 0 N–H and O–H groups in total. The molecule has 0 saturated carbocycles. The Labute approximate surface area is 71.0 Å². The summed E-state index contributed by atoms with van der Waals surface area (Å²) in [6.45, 7) is 6.48. The van der Waals surface area contributed by atoms with Gasteiger partial charge >= 0.3 is 0 Å². The summed E-state index contributed by atoms with van der Waals surface area (Å²) < 4.78 is 0. The van der Waals surface area contributed by atoms with E-state index in [1.807, 2.05) is 0 Å². The highest BCUT2D eigenvalue weighted by Gasteiger charge is 1.79. The summed E-state index contributed by atoms with van der Waals surface area (Å²) >= 11 is 0. The molecule has 11 heavy (non-hydrogen) atoms. The zero-order valence-electron chi connectivity index (χ0n) is 8.06. The molecule has 0 aromatic carbocycles. The maximum atomic E-state index is 2.25. The van der Waals surface area contributed by atoms with Crippen LogP contribution in [-0.2, 0) is 0 Å². The average Bonchev–Trinajstić information content (AvgIpc) is 1.96. The van der Waals surface area contributed by atoms with Gasteiger partial charge in [-0.1, -0.05) is 43.6 Å². The minimum Gasteiger partial charge on any atom is -0.0845 e. The van der Waals surface area contributed by atoms with Gasteiger partial charge in [0.05, 0.1) is 0 Å². The summed E-state index contributed by atoms with van der Waals surface area (Å²) in [6, 6.07) is 0. The van der Waals surface area contributed by atoms with Crippen molar-refractivity contribution in [2.75, 3.05) is 0 Å². The molecule has 0 rings (SSSR count). The standard InChI is InChI=1S/C11H20/c1-4-5-6-7-8-9-10-11(2)3/h8-10H,4-7H2,1-3H3. The van der Waals surface area contributed by atoms with Gasteiger partial charge in [0, 0.05) is 0 Å². The van der Waals surface area contributed by atoms with E-state index in [9.17, 15) is 0 Å². The molecule has 0 aliphatic rings. The van der Waals surface area contributed by atoms with E-state index in [2.05, 4.69) is 39.0 Å². The summed E-state index contributed by atoms with van der Waals surface area (Å²) in [5.74, 6) is 0. The van der Waals surface area contributed by atoms with Crippen LogP contribution in [0.1, 0.15) is 46.5 Å². The van der Waals surface area contributed by atoms with Gasteiger partial charge in [-0.25, -0.2) is 0 Å². The molecule has 0 atom stereocenters. The van der Waals surface area contributed by atoms with Crippen LogP contribution in [0.2, 0.25) is 0 Å². The predicted octanol–water partition coefficient (Wildman–Crippen LogP) is 4.09. The van der Waals surface area contributed by atoms with Crippen LogP contribution in [0.5, 0.6) is 0 Å². The van der Waals surface area contributed by atoms with Crippen LogP contribution in [-0.4, -0.2) is 0 Å². The number of hydrogen-bond acceptors (Lipinski definition) is 0. The molecular weight excluding hydrogens is 132 g/mol. The topological polar surface area (TPSA) is 0 Å². The van der Waals surface area contributed by atoms with Gasteiger partial charge in [-0.05, 0) is 26.7 Å². The SMILES string of the molecule is CCCCCC=CC=C(C)C. The van der Waals surface area contributed by atoms with Crippen molar-refractivity contribution in [1.82, 2.24) is 0 Å². The van der Waals surface area contributed by atoms with Crippen LogP contribution in [0, 0.1) is 0 Å². The maximum absolute atomic E-state index is 2.25. The maximum Gasteiger partial charge on any atom is -0.0348 e. The minimum atomic E-state index is 1.23. The lowest BCUT2D eigenvalue weighted by Crippen LogP contribution is -1.70. The van der Waals surface area contributed by atoms with E-state index in [0.717, 1.165) is 0 Å². The molecule has 0 spiro atoms. The number of rotatable bonds is 5. The first-order valence-corrected chi connectivity index (χ1v) is 4.57. The fraction of sp³-hybridized carbons (Fsp3) is 0.636. The van der Waals surface area contributed by atoms with Crippen LogP contribution >= 0.6 is 0 Å². The van der Waals surface area contributed by atoms with Crippen molar-refractivity contribution < 1.29 is 0 Å². The predicted molar refractivity (Wildman–Crippen MR) is 52.7 cm³/mol. The Balaban J connectivity index is 3.23. The normalized spacial score (nSPS) is 10.5. The smallest absolute Gasteiger partial charge is 0.0348 e. The number of hydrogen-bond donors (Lipinski definition) is 0. The fourth-order valence-corrected chi connectivity index (χ4v) is 0.869. The molecule has 64 valence electrons. The number of allylic oxidation sites excluding steroid dienone is 4. The van der Waals surface area contributed by atoms with E-state index < -0.39 is 0 Å². The van der Waals surface area contributed by atoms with Gasteiger partial charge in [-0.15, -0.1) is 0 Å². The van der Waals surface area contributed by atoms with Gasteiger partial charge < -0.3 is 0 Å². The largest absolute Gasteiger partial charge is 0.0845 e. The van der Waals surface area contributed by atoms with Gasteiger partial charge in [0.2, 0.25) is 0 Å². The van der Waals surface area contributed by atoms with Gasteiger partial charge in [-0.3, -0.25) is 0 Å². The quantitative estimate of drug-likeness (QED) is 0.411. The van der Waals surface area contributed by atoms with E-state index in [4.69, 9.17) is 0 Å². The number of unbranched alkanes of at least 4 members (excludes halogenated alkanes) is 3. The van der Waals surface area contributed by atoms with Gasteiger partial charge in [0.1, 0.15) is 0 Å². The minimum absolute atomic E-state index is 1.23. The highest BCUT2D eigenvalue weighted by atomic mass is 13.9. The van der Waals surface area contributed by atoms with Crippen molar-refractivity contribution in [3.8, 4) is 0 Å². The zero-order valence-corrected chi connectivity index (χ0v) is 8.06. The summed E-state index contributed by atoms with van der Waals surface area (Å²) in [7, 11) is 0. The Morgan fingerprint density at radius 3 is 2.45 bits per heavy atom. The van der Waals surface area contributed by atoms with E-state index in [0.29, 0.717) is 0 Å². The molecule has 0 aromatic rings. The first-order valence-electron chi connectivity index (χ1n) is 4.57. The highest BCUT2D eigenvalue weighted by molar-refractivity contribution is 5.07. The van der Waals surface area contributed by atoms with Crippen molar-refractivity contribution in [2.45, 2.75) is 46.5 Å². The molecule has 0 amide bonds. The summed E-state index contributed by atoms with van der Waals surface area (Å²) in [4.78, 5) is 0. The molecule has 0 heteroatoms. The molecular formula is C11H20. The summed E-state index contributed by atoms with van der Waals surface area (Å²) in [5, 5.41) is 0. The molecule has 0 aliphatic heterocycles. The monoisotopic (exact) mass is 152 g/mol. The zero-order chi connectivity index (χ0) is 8.53. The Morgan fingerprint density at radius 2 is 1.91 bits per heavy atom. The van der Waals surface area contributed by atoms with Crippen molar-refractivity contribution in [3.05, 3.63) is 23.8 Å². The Morgan fingerprint density at radius 1 is 1.18 bits per heavy atom. The fourth-order valence-electron chi connectivity index (χ4n) is 0.869. The molecule has 0 nitrogen and oxygen atoms in total. The van der Waals surface area contributed by atoms with Crippen LogP contribution in [0.4, 0.5) is 0 Å². The van der Waals surface area contributed by atoms with E-state index in [-0.39, 0.29) is 0 Å². The third kappa shape index (κ3) is 9.48. The molecule has 0 saturated heterocycles. The van der Waals surface area contributed by atoms with Crippen molar-refractivity contribution in [3.63, 3.8) is 0 Å². The second-order valence-electron chi connectivity index (χ2n) is 3.17.